The Morgan fingerprint density at radius 2 is 1.70 bits per heavy atom. The van der Waals surface area contributed by atoms with Crippen LogP contribution in [0.25, 0.3) is 0 Å². The summed E-state index contributed by atoms with van der Waals surface area (Å²) in [5.41, 5.74) is 1.61. The molecule has 6 nitrogen and oxygen atoms in total. The first-order chi connectivity index (χ1) is 12.8. The highest BCUT2D eigenvalue weighted by Gasteiger charge is 2.28. The molecule has 0 saturated carbocycles. The van der Waals surface area contributed by atoms with Gasteiger partial charge in [0.1, 0.15) is 11.0 Å². The van der Waals surface area contributed by atoms with Crippen molar-refractivity contribution in [1.82, 2.24) is 5.32 Å². The number of esters is 1. The molecule has 0 aliphatic carbocycles. The summed E-state index contributed by atoms with van der Waals surface area (Å²) >= 11 is 1.31. The van der Waals surface area contributed by atoms with Crippen molar-refractivity contribution >= 4 is 34.1 Å². The van der Waals surface area contributed by atoms with Crippen LogP contribution in [0.3, 0.4) is 0 Å². The number of carbonyl (C=O) groups excluding carboxylic acids is 3. The molecule has 1 unspecified atom stereocenters. The number of methoxy groups -OCH3 is 1. The number of benzene rings is 1. The fourth-order valence-corrected chi connectivity index (χ4v) is 3.65. The largest absolute Gasteiger partial charge is 0.465 e. The van der Waals surface area contributed by atoms with E-state index >= 15 is 0 Å². The van der Waals surface area contributed by atoms with Crippen LogP contribution in [0.2, 0.25) is 0 Å². The van der Waals surface area contributed by atoms with Crippen molar-refractivity contribution in [2.75, 3.05) is 12.4 Å². The Morgan fingerprint density at radius 1 is 1.07 bits per heavy atom. The molecule has 0 bridgehead atoms. The maximum Gasteiger partial charge on any atom is 0.341 e. The van der Waals surface area contributed by atoms with Gasteiger partial charge in [0.15, 0.2) is 0 Å². The van der Waals surface area contributed by atoms with Crippen molar-refractivity contribution in [1.29, 1.82) is 0 Å². The topological polar surface area (TPSA) is 84.5 Å². The third-order valence-corrected chi connectivity index (χ3v) is 5.41. The summed E-state index contributed by atoms with van der Waals surface area (Å²) < 4.78 is 4.83. The minimum Gasteiger partial charge on any atom is -0.465 e. The van der Waals surface area contributed by atoms with Crippen molar-refractivity contribution in [3.05, 3.63) is 51.9 Å². The first-order valence-electron chi connectivity index (χ1n) is 8.61. The van der Waals surface area contributed by atoms with Gasteiger partial charge in [-0.1, -0.05) is 32.0 Å². The van der Waals surface area contributed by atoms with Gasteiger partial charge in [0.05, 0.1) is 12.7 Å². The van der Waals surface area contributed by atoms with Crippen LogP contribution in [0.1, 0.15) is 45.0 Å². The lowest BCUT2D eigenvalue weighted by Crippen LogP contribution is -2.47. The molecule has 0 aliphatic rings. The minimum atomic E-state index is -0.745. The Morgan fingerprint density at radius 3 is 2.26 bits per heavy atom. The third-order valence-electron chi connectivity index (χ3n) is 4.28. The zero-order valence-corrected chi connectivity index (χ0v) is 16.9. The van der Waals surface area contributed by atoms with Crippen LogP contribution in [0.5, 0.6) is 0 Å². The van der Waals surface area contributed by atoms with Crippen molar-refractivity contribution in [2.24, 2.45) is 5.92 Å². The highest BCUT2D eigenvalue weighted by atomic mass is 32.1. The SMILES string of the molecule is COC(=O)c1c(NC(=O)C(NC(=O)c2ccccc2)C(C)C)sc(C)c1C. The Balaban J connectivity index is 2.22. The fraction of sp³-hybridized carbons (Fsp3) is 0.350. The number of hydrogen-bond donors (Lipinski definition) is 2. The molecule has 144 valence electrons. The number of rotatable bonds is 6. The van der Waals surface area contributed by atoms with E-state index in [4.69, 9.17) is 4.74 Å². The molecule has 0 fully saturated rings. The van der Waals surface area contributed by atoms with E-state index in [1.165, 1.54) is 18.4 Å². The molecule has 2 amide bonds. The molecule has 0 saturated heterocycles. The second-order valence-electron chi connectivity index (χ2n) is 6.53. The van der Waals surface area contributed by atoms with Crippen LogP contribution in [0.4, 0.5) is 5.00 Å². The van der Waals surface area contributed by atoms with Gasteiger partial charge < -0.3 is 15.4 Å². The molecule has 1 atom stereocenters. The predicted octanol–water partition coefficient (Wildman–Crippen LogP) is 3.54. The van der Waals surface area contributed by atoms with E-state index in [9.17, 15) is 14.4 Å². The van der Waals surface area contributed by atoms with E-state index in [-0.39, 0.29) is 17.7 Å². The molecule has 0 spiro atoms. The van der Waals surface area contributed by atoms with Gasteiger partial charge >= 0.3 is 5.97 Å². The van der Waals surface area contributed by atoms with Crippen molar-refractivity contribution in [3.8, 4) is 0 Å². The number of anilines is 1. The van der Waals surface area contributed by atoms with Crippen molar-refractivity contribution in [2.45, 2.75) is 33.7 Å². The van der Waals surface area contributed by atoms with Crippen molar-refractivity contribution < 1.29 is 19.1 Å². The molecule has 0 aliphatic heterocycles. The summed E-state index contributed by atoms with van der Waals surface area (Å²) in [6.45, 7) is 7.38. The molecule has 2 aromatic rings. The Hall–Kier alpha value is -2.67. The monoisotopic (exact) mass is 388 g/mol. The molecule has 1 aromatic carbocycles. The average Bonchev–Trinajstić information content (AvgIpc) is 2.92. The molecule has 2 rings (SSSR count). The third kappa shape index (κ3) is 4.74. The van der Waals surface area contributed by atoms with E-state index in [2.05, 4.69) is 10.6 Å². The van der Waals surface area contributed by atoms with Crippen LogP contribution in [-0.2, 0) is 9.53 Å². The normalized spacial score (nSPS) is 11.8. The Bertz CT molecular complexity index is 843. The smallest absolute Gasteiger partial charge is 0.341 e. The first kappa shape index (κ1) is 20.6. The molecule has 1 aromatic heterocycles. The van der Waals surface area contributed by atoms with E-state index in [0.717, 1.165) is 10.4 Å². The van der Waals surface area contributed by atoms with Gasteiger partial charge in [-0.15, -0.1) is 11.3 Å². The van der Waals surface area contributed by atoms with E-state index in [1.54, 1.807) is 24.3 Å². The van der Waals surface area contributed by atoms with Gasteiger partial charge in [-0.3, -0.25) is 9.59 Å². The second kappa shape index (κ2) is 8.81. The van der Waals surface area contributed by atoms with Crippen LogP contribution >= 0.6 is 11.3 Å². The van der Waals surface area contributed by atoms with E-state index in [1.807, 2.05) is 33.8 Å². The summed E-state index contributed by atoms with van der Waals surface area (Å²) in [4.78, 5) is 38.3. The van der Waals surface area contributed by atoms with Crippen LogP contribution in [0, 0.1) is 19.8 Å². The lowest BCUT2D eigenvalue weighted by molar-refractivity contribution is -0.118. The second-order valence-corrected chi connectivity index (χ2v) is 7.75. The number of amides is 2. The number of aryl methyl sites for hydroxylation is 1. The number of ether oxygens (including phenoxy) is 1. The molecular weight excluding hydrogens is 364 g/mol. The summed E-state index contributed by atoms with van der Waals surface area (Å²) in [6, 6.07) is 7.97. The van der Waals surface area contributed by atoms with Crippen LogP contribution < -0.4 is 10.6 Å². The van der Waals surface area contributed by atoms with Crippen LogP contribution in [-0.4, -0.2) is 30.9 Å². The quantitative estimate of drug-likeness (QED) is 0.741. The van der Waals surface area contributed by atoms with Gasteiger partial charge in [-0.05, 0) is 37.5 Å². The van der Waals surface area contributed by atoms with Crippen LogP contribution in [0.15, 0.2) is 30.3 Å². The Kier molecular flexibility index (Phi) is 6.74. The fourth-order valence-electron chi connectivity index (χ4n) is 2.60. The van der Waals surface area contributed by atoms with E-state index < -0.39 is 12.0 Å². The van der Waals surface area contributed by atoms with Gasteiger partial charge in [-0.25, -0.2) is 4.79 Å². The molecular formula is C20H24N2O4S. The average molecular weight is 388 g/mol. The van der Waals surface area contributed by atoms with Gasteiger partial charge in [0.2, 0.25) is 5.91 Å². The minimum absolute atomic E-state index is 0.138. The highest BCUT2D eigenvalue weighted by molar-refractivity contribution is 7.16. The zero-order chi connectivity index (χ0) is 20.1. The summed E-state index contributed by atoms with van der Waals surface area (Å²) in [7, 11) is 1.30. The summed E-state index contributed by atoms with van der Waals surface area (Å²) in [5, 5.41) is 6.00. The Labute approximate surface area is 162 Å². The summed E-state index contributed by atoms with van der Waals surface area (Å²) in [5.74, 6) is -1.33. The molecule has 1 heterocycles. The summed E-state index contributed by atoms with van der Waals surface area (Å²) in [6.07, 6.45) is 0. The molecule has 7 heteroatoms. The van der Waals surface area contributed by atoms with E-state index in [0.29, 0.717) is 16.1 Å². The predicted molar refractivity (Wildman–Crippen MR) is 106 cm³/mol. The maximum absolute atomic E-state index is 12.8. The first-order valence-corrected chi connectivity index (χ1v) is 9.43. The van der Waals surface area contributed by atoms with Crippen molar-refractivity contribution in [3.63, 3.8) is 0 Å². The number of hydrogen-bond acceptors (Lipinski definition) is 5. The number of carbonyl (C=O) groups is 3. The van der Waals surface area contributed by atoms with Gasteiger partial charge in [0.25, 0.3) is 5.91 Å². The lowest BCUT2D eigenvalue weighted by atomic mass is 10.0. The number of thiophene rings is 1. The molecule has 2 N–H and O–H groups in total. The molecule has 0 radical (unpaired) electrons. The zero-order valence-electron chi connectivity index (χ0n) is 16.1. The lowest BCUT2D eigenvalue weighted by Gasteiger charge is -2.21. The maximum atomic E-state index is 12.8. The van der Waals surface area contributed by atoms with Gasteiger partial charge in [0, 0.05) is 10.4 Å². The molecule has 27 heavy (non-hydrogen) atoms. The number of nitrogens with one attached hydrogen (secondary N) is 2. The van der Waals surface area contributed by atoms with Gasteiger partial charge in [-0.2, -0.15) is 0 Å². The highest BCUT2D eigenvalue weighted by Crippen LogP contribution is 2.33. The standard InChI is InChI=1S/C20H24N2O4S/c1-11(2)16(21-17(23)14-9-7-6-8-10-14)18(24)22-19-15(20(25)26-5)12(3)13(4)27-19/h6-11,16H,1-5H3,(H,21,23)(H,22,24).